The Morgan fingerprint density at radius 1 is 1.09 bits per heavy atom. The van der Waals surface area contributed by atoms with Gasteiger partial charge >= 0.3 is 0 Å². The van der Waals surface area contributed by atoms with Gasteiger partial charge in [-0.05, 0) is 66.6 Å². The highest BCUT2D eigenvalue weighted by atomic mass is 16.4. The van der Waals surface area contributed by atoms with Crippen LogP contribution in [-0.2, 0) is 4.79 Å². The van der Waals surface area contributed by atoms with Gasteiger partial charge in [-0.1, -0.05) is 12.1 Å². The van der Waals surface area contributed by atoms with Crippen molar-refractivity contribution in [2.24, 2.45) is 5.92 Å². The van der Waals surface area contributed by atoms with Gasteiger partial charge in [-0.15, -0.1) is 0 Å². The van der Waals surface area contributed by atoms with Gasteiger partial charge in [0.05, 0.1) is 0 Å². The van der Waals surface area contributed by atoms with E-state index in [-0.39, 0.29) is 17.6 Å². The number of pyridine rings is 2. The zero-order valence-corrected chi connectivity index (χ0v) is 19.2. The standard InChI is InChI=1S/C27H25N5O3/c28-25-21(17-5-7-19(8-6-17)32-11-1-2-24(32)33)12-18(15-30-25)20-9-10-29-27-22(20)13-23(35-27)26(34)31-14-16-3-4-16/h5-10,12-13,15-16H,1-4,11,14H2,(H2,28,30)(H,31,34). The smallest absolute Gasteiger partial charge is 0.287 e. The average Bonchev–Trinajstić information content (AvgIpc) is 3.44. The van der Waals surface area contributed by atoms with Crippen molar-refractivity contribution in [2.75, 3.05) is 23.7 Å². The number of fused-ring (bicyclic) bond motifs is 1. The molecule has 4 heterocycles. The Morgan fingerprint density at radius 3 is 2.66 bits per heavy atom. The number of rotatable bonds is 6. The third-order valence-corrected chi connectivity index (χ3v) is 6.70. The number of anilines is 2. The van der Waals surface area contributed by atoms with Crippen molar-refractivity contribution in [2.45, 2.75) is 25.7 Å². The summed E-state index contributed by atoms with van der Waals surface area (Å²) in [6, 6.07) is 13.4. The number of nitrogens with one attached hydrogen (secondary N) is 1. The van der Waals surface area contributed by atoms with Crippen LogP contribution in [0.3, 0.4) is 0 Å². The number of amides is 2. The molecule has 176 valence electrons. The maximum absolute atomic E-state index is 12.5. The molecule has 4 aromatic rings. The second-order valence-corrected chi connectivity index (χ2v) is 9.19. The number of hydrogen-bond acceptors (Lipinski definition) is 6. The van der Waals surface area contributed by atoms with Gasteiger partial charge < -0.3 is 20.4 Å². The van der Waals surface area contributed by atoms with Crippen molar-refractivity contribution >= 4 is 34.4 Å². The first-order valence-corrected chi connectivity index (χ1v) is 11.9. The third kappa shape index (κ3) is 4.12. The van der Waals surface area contributed by atoms with Crippen LogP contribution in [0.5, 0.6) is 0 Å². The van der Waals surface area contributed by atoms with Crippen LogP contribution in [0.4, 0.5) is 11.5 Å². The van der Waals surface area contributed by atoms with Crippen molar-refractivity contribution in [3.05, 3.63) is 60.6 Å². The summed E-state index contributed by atoms with van der Waals surface area (Å²) in [4.78, 5) is 35.1. The Hall–Kier alpha value is -4.20. The molecule has 6 rings (SSSR count). The minimum Gasteiger partial charge on any atom is -0.433 e. The van der Waals surface area contributed by atoms with Crippen LogP contribution in [0.25, 0.3) is 33.4 Å². The molecule has 3 N–H and O–H groups in total. The molecule has 0 atom stereocenters. The molecule has 8 nitrogen and oxygen atoms in total. The van der Waals surface area contributed by atoms with Crippen LogP contribution in [0.15, 0.2) is 59.3 Å². The first-order chi connectivity index (χ1) is 17.1. The molecule has 0 radical (unpaired) electrons. The molecule has 1 saturated carbocycles. The van der Waals surface area contributed by atoms with Crippen LogP contribution in [-0.4, -0.2) is 34.9 Å². The Labute approximate surface area is 202 Å². The maximum atomic E-state index is 12.5. The fraction of sp³-hybridized carbons (Fsp3) is 0.259. The van der Waals surface area contributed by atoms with Gasteiger partial charge in [0.2, 0.25) is 11.6 Å². The van der Waals surface area contributed by atoms with Crippen molar-refractivity contribution in [1.29, 1.82) is 0 Å². The van der Waals surface area contributed by atoms with E-state index < -0.39 is 0 Å². The van der Waals surface area contributed by atoms with Crippen molar-refractivity contribution < 1.29 is 14.0 Å². The van der Waals surface area contributed by atoms with Crippen LogP contribution in [0.1, 0.15) is 36.2 Å². The quantitative estimate of drug-likeness (QED) is 0.434. The zero-order chi connectivity index (χ0) is 23.9. The van der Waals surface area contributed by atoms with E-state index in [1.807, 2.05) is 41.3 Å². The van der Waals surface area contributed by atoms with Gasteiger partial charge in [0.15, 0.2) is 5.76 Å². The first kappa shape index (κ1) is 21.3. The van der Waals surface area contributed by atoms with E-state index in [0.717, 1.165) is 59.1 Å². The minimum atomic E-state index is -0.228. The van der Waals surface area contributed by atoms with E-state index in [1.165, 1.54) is 0 Å². The second-order valence-electron chi connectivity index (χ2n) is 9.19. The number of nitrogen functional groups attached to an aromatic ring is 1. The fourth-order valence-corrected chi connectivity index (χ4v) is 4.55. The molecule has 0 bridgehead atoms. The van der Waals surface area contributed by atoms with Gasteiger partial charge in [-0.2, -0.15) is 0 Å². The van der Waals surface area contributed by atoms with Gasteiger partial charge in [-0.25, -0.2) is 9.97 Å². The Balaban J connectivity index is 1.32. The summed E-state index contributed by atoms with van der Waals surface area (Å²) in [6.45, 7) is 1.42. The number of benzene rings is 1. The monoisotopic (exact) mass is 467 g/mol. The van der Waals surface area contributed by atoms with E-state index in [2.05, 4.69) is 15.3 Å². The number of carbonyl (C=O) groups is 2. The maximum Gasteiger partial charge on any atom is 0.287 e. The summed E-state index contributed by atoms with van der Waals surface area (Å²) in [6.07, 6.45) is 7.18. The summed E-state index contributed by atoms with van der Waals surface area (Å²) >= 11 is 0. The van der Waals surface area contributed by atoms with Crippen molar-refractivity contribution in [3.63, 3.8) is 0 Å². The van der Waals surface area contributed by atoms with E-state index in [1.54, 1.807) is 18.5 Å². The molecule has 8 heteroatoms. The molecular formula is C27H25N5O3. The lowest BCUT2D eigenvalue weighted by atomic mass is 9.99. The third-order valence-electron chi connectivity index (χ3n) is 6.70. The Kier molecular flexibility index (Phi) is 5.21. The van der Waals surface area contributed by atoms with Crippen LogP contribution in [0, 0.1) is 5.92 Å². The van der Waals surface area contributed by atoms with Gasteiger partial charge in [0.1, 0.15) is 5.82 Å². The summed E-state index contributed by atoms with van der Waals surface area (Å²) in [7, 11) is 0. The number of carbonyl (C=O) groups excluding carboxylic acids is 2. The molecule has 2 amide bonds. The second kappa shape index (κ2) is 8.54. The molecule has 1 aliphatic heterocycles. The number of hydrogen-bond donors (Lipinski definition) is 2. The molecule has 35 heavy (non-hydrogen) atoms. The summed E-state index contributed by atoms with van der Waals surface area (Å²) in [5.74, 6) is 1.17. The van der Waals surface area contributed by atoms with E-state index in [4.69, 9.17) is 10.2 Å². The SMILES string of the molecule is Nc1ncc(-c2ccnc3oc(C(=O)NCC4CC4)cc23)cc1-c1ccc(N2CCCC2=O)cc1. The Morgan fingerprint density at radius 2 is 1.91 bits per heavy atom. The van der Waals surface area contributed by atoms with Gasteiger partial charge in [0.25, 0.3) is 5.91 Å². The largest absolute Gasteiger partial charge is 0.433 e. The lowest BCUT2D eigenvalue weighted by Gasteiger charge is -2.16. The minimum absolute atomic E-state index is 0.156. The summed E-state index contributed by atoms with van der Waals surface area (Å²) in [5.41, 5.74) is 10.9. The Bertz CT molecular complexity index is 1440. The van der Waals surface area contributed by atoms with Gasteiger partial charge in [0, 0.05) is 54.1 Å². The van der Waals surface area contributed by atoms with Crippen LogP contribution >= 0.6 is 0 Å². The first-order valence-electron chi connectivity index (χ1n) is 11.9. The van der Waals surface area contributed by atoms with Crippen LogP contribution < -0.4 is 16.0 Å². The molecule has 2 fully saturated rings. The van der Waals surface area contributed by atoms with E-state index >= 15 is 0 Å². The van der Waals surface area contributed by atoms with E-state index in [9.17, 15) is 9.59 Å². The average molecular weight is 468 g/mol. The molecule has 2 aliphatic rings. The van der Waals surface area contributed by atoms with E-state index in [0.29, 0.717) is 30.4 Å². The summed E-state index contributed by atoms with van der Waals surface area (Å²) < 4.78 is 5.75. The predicted octanol–water partition coefficient (Wildman–Crippen LogP) is 4.41. The topological polar surface area (TPSA) is 114 Å². The number of aromatic nitrogens is 2. The lowest BCUT2D eigenvalue weighted by Crippen LogP contribution is -2.24. The zero-order valence-electron chi connectivity index (χ0n) is 19.2. The van der Waals surface area contributed by atoms with Crippen LogP contribution in [0.2, 0.25) is 0 Å². The molecule has 3 aromatic heterocycles. The number of furan rings is 1. The fourth-order valence-electron chi connectivity index (χ4n) is 4.55. The summed E-state index contributed by atoms with van der Waals surface area (Å²) in [5, 5.41) is 3.67. The van der Waals surface area contributed by atoms with Crippen molar-refractivity contribution in [3.8, 4) is 22.3 Å². The molecular weight excluding hydrogens is 442 g/mol. The molecule has 0 spiro atoms. The highest BCUT2D eigenvalue weighted by Crippen LogP contribution is 2.35. The number of nitrogens with zero attached hydrogens (tertiary/aromatic N) is 3. The molecule has 1 saturated heterocycles. The number of nitrogens with two attached hydrogens (primary N) is 1. The normalized spacial score (nSPS) is 15.7. The predicted molar refractivity (Wildman–Crippen MR) is 134 cm³/mol. The lowest BCUT2D eigenvalue weighted by molar-refractivity contribution is -0.117. The molecule has 0 unspecified atom stereocenters. The molecule has 1 aromatic carbocycles. The van der Waals surface area contributed by atoms with Gasteiger partial charge in [-0.3, -0.25) is 9.59 Å². The highest BCUT2D eigenvalue weighted by Gasteiger charge is 2.24. The highest BCUT2D eigenvalue weighted by molar-refractivity contribution is 6.00. The van der Waals surface area contributed by atoms with Crippen molar-refractivity contribution in [1.82, 2.24) is 15.3 Å². The molecule has 1 aliphatic carbocycles.